The Morgan fingerprint density at radius 1 is 1.81 bits per heavy atom. The van der Waals surface area contributed by atoms with Gasteiger partial charge in [-0.3, -0.25) is 4.79 Å². The Morgan fingerprint density at radius 3 is 3.06 bits per heavy atom. The summed E-state index contributed by atoms with van der Waals surface area (Å²) in [4.78, 5) is 15.6. The number of amides is 1. The molecule has 0 radical (unpaired) electrons. The molecule has 0 aromatic carbocycles. The number of aliphatic hydroxyl groups excluding tert-OH is 1. The summed E-state index contributed by atoms with van der Waals surface area (Å²) < 4.78 is 0. The molecule has 0 saturated carbocycles. The second-order valence-electron chi connectivity index (χ2n) is 3.11. The Bertz CT molecular complexity index is 340. The quantitative estimate of drug-likeness (QED) is 0.832. The Balaban J connectivity index is 2.54. The summed E-state index contributed by atoms with van der Waals surface area (Å²) in [5, 5.41) is 14.0. The molecule has 7 heteroatoms. The van der Waals surface area contributed by atoms with Gasteiger partial charge in [0.2, 0.25) is 0 Å². The zero-order valence-electron chi connectivity index (χ0n) is 8.77. The lowest BCUT2D eigenvalue weighted by molar-refractivity contribution is 0.0935. The van der Waals surface area contributed by atoms with Gasteiger partial charge < -0.3 is 10.4 Å². The molecule has 0 spiro atoms. The van der Waals surface area contributed by atoms with Crippen molar-refractivity contribution in [3.8, 4) is 0 Å². The van der Waals surface area contributed by atoms with E-state index in [9.17, 15) is 4.79 Å². The molecule has 1 amide bonds. The fourth-order valence-electron chi connectivity index (χ4n) is 1.16. The van der Waals surface area contributed by atoms with E-state index in [0.29, 0.717) is 16.6 Å². The first-order valence-corrected chi connectivity index (χ1v) is 7.34. The first kappa shape index (κ1) is 13.8. The highest BCUT2D eigenvalue weighted by molar-refractivity contribution is 7.98. The number of halogens is 1. The minimum atomic E-state index is -0.232. The van der Waals surface area contributed by atoms with Crippen molar-refractivity contribution in [2.75, 3.05) is 18.6 Å². The lowest BCUT2D eigenvalue weighted by Crippen LogP contribution is -2.37. The summed E-state index contributed by atoms with van der Waals surface area (Å²) in [5.74, 6) is 0.537. The lowest BCUT2D eigenvalue weighted by Gasteiger charge is -2.15. The standard InChI is InChI=1S/C9H13ClN2O2S2/c1-15-4-6(2-3-13)11-8(14)9-12-7(10)5-16-9/h5-6,13H,2-4H2,1H3,(H,11,14). The minimum absolute atomic E-state index is 0.0322. The molecule has 0 aliphatic heterocycles. The first-order chi connectivity index (χ1) is 7.67. The number of nitrogens with zero attached hydrogens (tertiary/aromatic N) is 1. The number of hydrogen-bond donors (Lipinski definition) is 2. The zero-order valence-corrected chi connectivity index (χ0v) is 11.2. The molecule has 1 atom stereocenters. The third kappa shape index (κ3) is 4.29. The van der Waals surface area contributed by atoms with Crippen molar-refractivity contribution < 1.29 is 9.90 Å². The van der Waals surface area contributed by atoms with Crippen LogP contribution in [0.1, 0.15) is 16.2 Å². The Kier molecular flexibility index (Phi) is 6.12. The molecule has 0 aliphatic rings. The highest BCUT2D eigenvalue weighted by atomic mass is 35.5. The van der Waals surface area contributed by atoms with E-state index in [0.717, 1.165) is 5.75 Å². The van der Waals surface area contributed by atoms with Crippen molar-refractivity contribution in [3.63, 3.8) is 0 Å². The van der Waals surface area contributed by atoms with Crippen LogP contribution in [0.5, 0.6) is 0 Å². The fourth-order valence-corrected chi connectivity index (χ4v) is 2.66. The second kappa shape index (κ2) is 7.11. The van der Waals surface area contributed by atoms with Gasteiger partial charge in [-0.05, 0) is 12.7 Å². The van der Waals surface area contributed by atoms with Gasteiger partial charge in [-0.15, -0.1) is 11.3 Å². The molecule has 4 nitrogen and oxygen atoms in total. The van der Waals surface area contributed by atoms with Crippen molar-refractivity contribution in [1.82, 2.24) is 10.3 Å². The number of carbonyl (C=O) groups is 1. The van der Waals surface area contributed by atoms with Crippen LogP contribution in [0.25, 0.3) is 0 Å². The first-order valence-electron chi connectivity index (χ1n) is 4.69. The summed E-state index contributed by atoms with van der Waals surface area (Å²) in [6.07, 6.45) is 2.50. The summed E-state index contributed by atoms with van der Waals surface area (Å²) in [5.41, 5.74) is 0. The number of rotatable bonds is 6. The number of thioether (sulfide) groups is 1. The van der Waals surface area contributed by atoms with Crippen molar-refractivity contribution in [2.45, 2.75) is 12.5 Å². The number of aliphatic hydroxyl groups is 1. The van der Waals surface area contributed by atoms with Crippen LogP contribution < -0.4 is 5.32 Å². The van der Waals surface area contributed by atoms with E-state index >= 15 is 0 Å². The number of nitrogens with one attached hydrogen (secondary N) is 1. The Hall–Kier alpha value is -0.300. The highest BCUT2D eigenvalue weighted by Gasteiger charge is 2.15. The maximum absolute atomic E-state index is 11.7. The van der Waals surface area contributed by atoms with Gasteiger partial charge in [-0.1, -0.05) is 11.6 Å². The van der Waals surface area contributed by atoms with Gasteiger partial charge >= 0.3 is 0 Å². The maximum Gasteiger partial charge on any atom is 0.280 e. The third-order valence-electron chi connectivity index (χ3n) is 1.85. The average molecular weight is 281 g/mol. The summed E-state index contributed by atoms with van der Waals surface area (Å²) in [7, 11) is 0. The van der Waals surface area contributed by atoms with Crippen LogP contribution in [-0.4, -0.2) is 40.7 Å². The molecule has 1 aromatic rings. The molecule has 16 heavy (non-hydrogen) atoms. The molecule has 1 heterocycles. The van der Waals surface area contributed by atoms with Gasteiger partial charge in [0.05, 0.1) is 0 Å². The van der Waals surface area contributed by atoms with Crippen molar-refractivity contribution in [1.29, 1.82) is 0 Å². The predicted molar refractivity (Wildman–Crippen MR) is 68.5 cm³/mol. The smallest absolute Gasteiger partial charge is 0.280 e. The van der Waals surface area contributed by atoms with E-state index < -0.39 is 0 Å². The molecule has 0 saturated heterocycles. The minimum Gasteiger partial charge on any atom is -0.396 e. The molecular formula is C9H13ClN2O2S2. The zero-order chi connectivity index (χ0) is 12.0. The number of carbonyl (C=O) groups excluding carboxylic acids is 1. The largest absolute Gasteiger partial charge is 0.396 e. The van der Waals surface area contributed by atoms with E-state index in [1.165, 1.54) is 11.3 Å². The fraction of sp³-hybridized carbons (Fsp3) is 0.556. The normalized spacial score (nSPS) is 12.4. The molecule has 1 aromatic heterocycles. The summed E-state index contributed by atoms with van der Waals surface area (Å²) in [6.45, 7) is 0.0597. The van der Waals surface area contributed by atoms with Crippen molar-refractivity contribution in [3.05, 3.63) is 15.5 Å². The SMILES string of the molecule is CSCC(CCO)NC(=O)c1nc(Cl)cs1. The number of hydrogen-bond acceptors (Lipinski definition) is 5. The van der Waals surface area contributed by atoms with Crippen LogP contribution in [-0.2, 0) is 0 Å². The molecule has 90 valence electrons. The van der Waals surface area contributed by atoms with E-state index in [1.54, 1.807) is 17.1 Å². The van der Waals surface area contributed by atoms with Crippen molar-refractivity contribution >= 4 is 40.6 Å². The number of aromatic nitrogens is 1. The topological polar surface area (TPSA) is 62.2 Å². The predicted octanol–water partition coefficient (Wildman–Crippen LogP) is 1.64. The van der Waals surface area contributed by atoms with E-state index in [1.807, 2.05) is 6.26 Å². The van der Waals surface area contributed by atoms with Crippen LogP contribution in [0, 0.1) is 0 Å². The molecular weight excluding hydrogens is 268 g/mol. The molecule has 1 unspecified atom stereocenters. The van der Waals surface area contributed by atoms with Crippen LogP contribution >= 0.6 is 34.7 Å². The Morgan fingerprint density at radius 2 is 2.56 bits per heavy atom. The van der Waals surface area contributed by atoms with Gasteiger partial charge in [-0.2, -0.15) is 11.8 Å². The van der Waals surface area contributed by atoms with E-state index in [4.69, 9.17) is 16.7 Å². The van der Waals surface area contributed by atoms with Gasteiger partial charge in [0.1, 0.15) is 5.15 Å². The van der Waals surface area contributed by atoms with Gasteiger partial charge in [-0.25, -0.2) is 4.98 Å². The third-order valence-corrected chi connectivity index (χ3v) is 3.75. The average Bonchev–Trinajstić information content (AvgIpc) is 2.65. The molecule has 2 N–H and O–H groups in total. The Labute approximate surface area is 107 Å². The molecule has 1 rings (SSSR count). The monoisotopic (exact) mass is 280 g/mol. The van der Waals surface area contributed by atoms with Crippen LogP contribution in [0.2, 0.25) is 5.15 Å². The second-order valence-corrected chi connectivity index (χ2v) is 5.27. The van der Waals surface area contributed by atoms with Gasteiger partial charge in [0.15, 0.2) is 5.01 Å². The van der Waals surface area contributed by atoms with Crippen LogP contribution in [0.3, 0.4) is 0 Å². The van der Waals surface area contributed by atoms with E-state index in [-0.39, 0.29) is 18.6 Å². The van der Waals surface area contributed by atoms with Gasteiger partial charge in [0, 0.05) is 23.8 Å². The molecule has 0 bridgehead atoms. The number of thiazole rings is 1. The summed E-state index contributed by atoms with van der Waals surface area (Å²) in [6, 6.07) is -0.0322. The van der Waals surface area contributed by atoms with Gasteiger partial charge in [0.25, 0.3) is 5.91 Å². The molecule has 0 aliphatic carbocycles. The highest BCUT2D eigenvalue weighted by Crippen LogP contribution is 2.14. The maximum atomic E-state index is 11.7. The summed E-state index contributed by atoms with van der Waals surface area (Å²) >= 11 is 8.47. The van der Waals surface area contributed by atoms with E-state index in [2.05, 4.69) is 10.3 Å². The van der Waals surface area contributed by atoms with Crippen LogP contribution in [0.15, 0.2) is 5.38 Å². The lowest BCUT2D eigenvalue weighted by atomic mass is 10.2. The van der Waals surface area contributed by atoms with Crippen LogP contribution in [0.4, 0.5) is 0 Å². The molecule has 0 fully saturated rings. The van der Waals surface area contributed by atoms with Crippen molar-refractivity contribution in [2.24, 2.45) is 0 Å².